The number of aliphatic hydroxyl groups excluding tert-OH is 1. The van der Waals surface area contributed by atoms with Gasteiger partial charge in [0.25, 0.3) is 0 Å². The molecule has 135 valence electrons. The van der Waals surface area contributed by atoms with Crippen molar-refractivity contribution in [2.75, 3.05) is 6.16 Å². The van der Waals surface area contributed by atoms with Crippen molar-refractivity contribution in [3.63, 3.8) is 0 Å². The minimum absolute atomic E-state index is 0. The lowest BCUT2D eigenvalue weighted by Crippen LogP contribution is -2.58. The summed E-state index contributed by atoms with van der Waals surface area (Å²) in [5.41, 5.74) is 0.266. The van der Waals surface area contributed by atoms with E-state index in [1.807, 2.05) is 60.7 Å². The second-order valence-corrected chi connectivity index (χ2v) is 11.3. The fourth-order valence-corrected chi connectivity index (χ4v) is 8.28. The highest BCUT2D eigenvalue weighted by Crippen LogP contribution is 2.63. The van der Waals surface area contributed by atoms with Gasteiger partial charge in [-0.25, -0.2) is 0 Å². The lowest BCUT2D eigenvalue weighted by Gasteiger charge is -2.62. The van der Waals surface area contributed by atoms with E-state index in [4.69, 9.17) is 0 Å². The van der Waals surface area contributed by atoms with E-state index in [-0.39, 0.29) is 25.8 Å². The highest BCUT2D eigenvalue weighted by molar-refractivity contribution is 7.78. The largest absolute Gasteiger partial charge is 0.393 e. The molecule has 3 saturated carbocycles. The smallest absolute Gasteiger partial charge is 0.143 e. The number of benzene rings is 2. The van der Waals surface area contributed by atoms with Crippen LogP contribution in [0.2, 0.25) is 0 Å². The van der Waals surface area contributed by atoms with Crippen molar-refractivity contribution in [1.82, 2.24) is 0 Å². The summed E-state index contributed by atoms with van der Waals surface area (Å²) in [5, 5.41) is 12.6. The molecule has 3 aliphatic rings. The number of aliphatic hydroxyl groups is 1. The molecular weight excluding hydrogens is 338 g/mol. The van der Waals surface area contributed by atoms with E-state index in [9.17, 15) is 9.67 Å². The topological polar surface area (TPSA) is 37.3 Å². The minimum atomic E-state index is -2.76. The first kappa shape index (κ1) is 19.5. The third-order valence-corrected chi connectivity index (χ3v) is 10.1. The van der Waals surface area contributed by atoms with Crippen molar-refractivity contribution in [2.45, 2.75) is 32.8 Å². The molecule has 5 rings (SSSR count). The molecule has 3 fully saturated rings. The van der Waals surface area contributed by atoms with Crippen LogP contribution in [-0.4, -0.2) is 25.8 Å². The van der Waals surface area contributed by atoms with Crippen LogP contribution in [0.1, 0.15) is 26.7 Å². The van der Waals surface area contributed by atoms with Crippen LogP contribution in [0.5, 0.6) is 0 Å². The summed E-state index contributed by atoms with van der Waals surface area (Å²) in [6, 6.07) is 19.7. The molecule has 0 aromatic heterocycles. The van der Waals surface area contributed by atoms with Gasteiger partial charge in [0.15, 0.2) is 0 Å². The van der Waals surface area contributed by atoms with E-state index in [2.05, 4.69) is 13.8 Å². The predicted octanol–water partition coefficient (Wildman–Crippen LogP) is 3.66. The summed E-state index contributed by atoms with van der Waals surface area (Å²) in [6.07, 6.45) is 2.29. The Morgan fingerprint density at radius 3 is 1.92 bits per heavy atom. The van der Waals surface area contributed by atoms with Crippen molar-refractivity contribution in [3.05, 3.63) is 60.7 Å². The van der Waals surface area contributed by atoms with E-state index in [1.165, 1.54) is 6.42 Å². The molecule has 2 aromatic carbocycles. The van der Waals surface area contributed by atoms with Gasteiger partial charge in [-0.1, -0.05) is 74.5 Å². The average molecular weight is 365 g/mol. The molecule has 4 atom stereocenters. The molecule has 0 aliphatic heterocycles. The van der Waals surface area contributed by atoms with Crippen LogP contribution in [0, 0.1) is 23.2 Å². The highest BCUT2D eigenvalue weighted by Gasteiger charge is 2.58. The SMILES string of the molecule is CC1(C)C2CC1[C@H](CP(=O)(c1ccccc1)c1ccccc1)[C@H](O)C2.[B]. The van der Waals surface area contributed by atoms with Crippen molar-refractivity contribution in [1.29, 1.82) is 0 Å². The van der Waals surface area contributed by atoms with E-state index in [0.717, 1.165) is 17.0 Å². The quantitative estimate of drug-likeness (QED) is 0.663. The zero-order valence-electron chi connectivity index (χ0n) is 15.6. The Hall–Kier alpha value is -1.31. The number of rotatable bonds is 4. The van der Waals surface area contributed by atoms with Gasteiger partial charge >= 0.3 is 0 Å². The molecule has 2 bridgehead atoms. The van der Waals surface area contributed by atoms with Crippen molar-refractivity contribution < 1.29 is 9.67 Å². The number of hydrogen-bond acceptors (Lipinski definition) is 2. The molecule has 2 aromatic rings. The lowest BCUT2D eigenvalue weighted by molar-refractivity contribution is -0.153. The van der Waals surface area contributed by atoms with Crippen LogP contribution in [0.4, 0.5) is 0 Å². The van der Waals surface area contributed by atoms with E-state index < -0.39 is 7.14 Å². The van der Waals surface area contributed by atoms with E-state index in [0.29, 0.717) is 18.0 Å². The molecule has 26 heavy (non-hydrogen) atoms. The molecule has 0 spiro atoms. The third kappa shape index (κ3) is 3.00. The number of fused-ring (bicyclic) bond motifs is 2. The standard InChI is InChI=1S/C22H27O2P.B/c1-22(2)16-13-20(22)19(21(23)14-16)15-25(24,17-9-5-3-6-10-17)18-11-7-4-8-12-18;/h3-12,16,19-21,23H,13-15H2,1-2H3;/t16?,19-,20?,21+;/m0./s1. The monoisotopic (exact) mass is 365 g/mol. The summed E-state index contributed by atoms with van der Waals surface area (Å²) in [4.78, 5) is 0. The van der Waals surface area contributed by atoms with Gasteiger partial charge < -0.3 is 9.67 Å². The lowest BCUT2D eigenvalue weighted by atomic mass is 9.45. The van der Waals surface area contributed by atoms with Crippen molar-refractivity contribution in [3.8, 4) is 0 Å². The van der Waals surface area contributed by atoms with Crippen LogP contribution in [0.15, 0.2) is 60.7 Å². The first-order chi connectivity index (χ1) is 11.9. The van der Waals surface area contributed by atoms with Crippen molar-refractivity contribution >= 4 is 26.2 Å². The molecule has 2 unspecified atom stereocenters. The van der Waals surface area contributed by atoms with Crippen molar-refractivity contribution in [2.24, 2.45) is 23.2 Å². The maximum absolute atomic E-state index is 14.3. The summed E-state index contributed by atoms with van der Waals surface area (Å²) in [6.45, 7) is 4.64. The zero-order valence-corrected chi connectivity index (χ0v) is 16.5. The van der Waals surface area contributed by atoms with Gasteiger partial charge in [-0.3, -0.25) is 0 Å². The normalized spacial score (nSPS) is 29.3. The second-order valence-electron chi connectivity index (χ2n) is 8.42. The molecule has 1 N–H and O–H groups in total. The third-order valence-electron chi connectivity index (χ3n) is 6.90. The highest BCUT2D eigenvalue weighted by atomic mass is 31.2. The Morgan fingerprint density at radius 2 is 1.46 bits per heavy atom. The molecule has 0 saturated heterocycles. The van der Waals surface area contributed by atoms with Gasteiger partial charge in [0.2, 0.25) is 0 Å². The van der Waals surface area contributed by atoms with Gasteiger partial charge in [0.05, 0.1) is 6.10 Å². The molecule has 2 nitrogen and oxygen atoms in total. The number of hydrogen-bond donors (Lipinski definition) is 1. The van der Waals surface area contributed by atoms with Gasteiger partial charge in [-0.2, -0.15) is 0 Å². The zero-order chi connectivity index (χ0) is 17.7. The summed E-state index contributed by atoms with van der Waals surface area (Å²) in [5.74, 6) is 1.21. The van der Waals surface area contributed by atoms with Crippen LogP contribution >= 0.6 is 7.14 Å². The first-order valence-corrected chi connectivity index (χ1v) is 11.2. The molecule has 3 aliphatic carbocycles. The molecule has 4 heteroatoms. The maximum Gasteiger partial charge on any atom is 0.143 e. The summed E-state index contributed by atoms with van der Waals surface area (Å²) >= 11 is 0. The van der Waals surface area contributed by atoms with E-state index >= 15 is 0 Å². The van der Waals surface area contributed by atoms with Gasteiger partial charge in [-0.15, -0.1) is 0 Å². The Morgan fingerprint density at radius 1 is 0.962 bits per heavy atom. The summed E-state index contributed by atoms with van der Waals surface area (Å²) in [7, 11) is -2.76. The Bertz CT molecular complexity index is 747. The van der Waals surface area contributed by atoms with Gasteiger partial charge in [-0.05, 0) is 36.0 Å². The van der Waals surface area contributed by atoms with Crippen LogP contribution in [0.3, 0.4) is 0 Å². The maximum atomic E-state index is 14.3. The van der Waals surface area contributed by atoms with E-state index in [1.54, 1.807) is 0 Å². The predicted molar refractivity (Wildman–Crippen MR) is 110 cm³/mol. The fourth-order valence-electron chi connectivity index (χ4n) is 5.16. The molecule has 0 amide bonds. The minimum Gasteiger partial charge on any atom is -0.393 e. The van der Waals surface area contributed by atoms with Crippen LogP contribution < -0.4 is 10.6 Å². The Labute approximate surface area is 159 Å². The average Bonchev–Trinajstić information content (AvgIpc) is 2.64. The van der Waals surface area contributed by atoms with Gasteiger partial charge in [0, 0.05) is 25.2 Å². The second kappa shape index (κ2) is 7.02. The molecule has 3 radical (unpaired) electrons. The summed E-state index contributed by atoms with van der Waals surface area (Å²) < 4.78 is 14.3. The first-order valence-electron chi connectivity index (χ1n) is 9.31. The molecular formula is C22H27BO2P. The van der Waals surface area contributed by atoms with Crippen LogP contribution in [-0.2, 0) is 4.57 Å². The Kier molecular flexibility index (Phi) is 5.25. The molecule has 0 heterocycles. The Balaban J connectivity index is 0.00000196. The van der Waals surface area contributed by atoms with Gasteiger partial charge in [0.1, 0.15) is 7.14 Å². The van der Waals surface area contributed by atoms with Crippen LogP contribution in [0.25, 0.3) is 0 Å². The fraction of sp³-hybridized carbons (Fsp3) is 0.455.